The Morgan fingerprint density at radius 1 is 1.12 bits per heavy atom. The van der Waals surface area contributed by atoms with E-state index in [4.69, 9.17) is 11.6 Å². The van der Waals surface area contributed by atoms with Crippen molar-refractivity contribution in [3.63, 3.8) is 0 Å². The highest BCUT2D eigenvalue weighted by molar-refractivity contribution is 8.18. The molecular weight excluding hydrogens is 344 g/mol. The number of aliphatic imine (C=N–C) groups is 1. The molecule has 1 aliphatic heterocycles. The van der Waals surface area contributed by atoms with E-state index in [1.807, 2.05) is 36.4 Å². The number of hydrogen-bond acceptors (Lipinski definition) is 4. The topological polar surface area (TPSA) is 70.1 Å². The van der Waals surface area contributed by atoms with Gasteiger partial charge in [-0.3, -0.25) is 4.79 Å². The number of H-pyrrole nitrogens is 1. The fourth-order valence-electron chi connectivity index (χ4n) is 2.28. The summed E-state index contributed by atoms with van der Waals surface area (Å²) in [6.07, 6.45) is 1.80. The predicted octanol–water partition coefficient (Wildman–Crippen LogP) is 4.11. The van der Waals surface area contributed by atoms with Crippen LogP contribution in [0.25, 0.3) is 17.1 Å². The molecule has 1 amide bonds. The number of thioether (sulfide) groups is 1. The Kier molecular flexibility index (Phi) is 3.84. The van der Waals surface area contributed by atoms with Gasteiger partial charge in [0.05, 0.1) is 15.9 Å². The number of carbonyl (C=O) groups excluding carboxylic acids is 1. The van der Waals surface area contributed by atoms with E-state index < -0.39 is 0 Å². The van der Waals surface area contributed by atoms with Crippen molar-refractivity contribution in [3.05, 3.63) is 64.0 Å². The van der Waals surface area contributed by atoms with Crippen molar-refractivity contribution in [2.24, 2.45) is 4.99 Å². The summed E-state index contributed by atoms with van der Waals surface area (Å²) in [6, 6.07) is 15.0. The number of nitrogens with zero attached hydrogens (tertiary/aromatic N) is 2. The standard InChI is InChI=1S/C17H11ClN4OS/c18-11-7-5-10(6-8-11)9-14-15(23)21-17(24-14)22-16-19-12-3-1-2-4-13(12)20-16/h1-9H,(H2,19,20,21,22,23)/b14-9+. The summed E-state index contributed by atoms with van der Waals surface area (Å²) in [6.45, 7) is 0. The van der Waals surface area contributed by atoms with Crippen molar-refractivity contribution in [3.8, 4) is 0 Å². The minimum Gasteiger partial charge on any atom is -0.322 e. The van der Waals surface area contributed by atoms with Gasteiger partial charge in [-0.1, -0.05) is 35.9 Å². The first-order chi connectivity index (χ1) is 11.7. The third kappa shape index (κ3) is 3.06. The number of aromatic amines is 1. The van der Waals surface area contributed by atoms with Crippen LogP contribution in [-0.2, 0) is 4.79 Å². The Morgan fingerprint density at radius 3 is 2.71 bits per heavy atom. The van der Waals surface area contributed by atoms with Crippen molar-refractivity contribution < 1.29 is 4.79 Å². The van der Waals surface area contributed by atoms with E-state index in [-0.39, 0.29) is 5.91 Å². The zero-order valence-corrected chi connectivity index (χ0v) is 13.9. The minimum atomic E-state index is -0.176. The number of para-hydroxylation sites is 2. The van der Waals surface area contributed by atoms with Gasteiger partial charge in [0.1, 0.15) is 0 Å². The Bertz CT molecular complexity index is 958. The van der Waals surface area contributed by atoms with Gasteiger partial charge in [0.25, 0.3) is 5.91 Å². The van der Waals surface area contributed by atoms with Gasteiger partial charge < -0.3 is 10.3 Å². The van der Waals surface area contributed by atoms with Crippen LogP contribution in [0.4, 0.5) is 5.95 Å². The summed E-state index contributed by atoms with van der Waals surface area (Å²) in [7, 11) is 0. The molecule has 1 fully saturated rings. The Balaban J connectivity index is 1.60. The lowest BCUT2D eigenvalue weighted by atomic mass is 10.2. The first-order valence-corrected chi connectivity index (χ1v) is 8.37. The smallest absolute Gasteiger partial charge is 0.264 e. The highest BCUT2D eigenvalue weighted by Gasteiger charge is 2.24. The summed E-state index contributed by atoms with van der Waals surface area (Å²) < 4.78 is 0. The molecule has 0 unspecified atom stereocenters. The fraction of sp³-hybridized carbons (Fsp3) is 0. The van der Waals surface area contributed by atoms with Crippen molar-refractivity contribution in [1.82, 2.24) is 15.3 Å². The zero-order chi connectivity index (χ0) is 16.5. The molecule has 2 heterocycles. The molecule has 2 N–H and O–H groups in total. The van der Waals surface area contributed by atoms with Crippen LogP contribution in [0.15, 0.2) is 58.4 Å². The number of halogens is 1. The van der Waals surface area contributed by atoms with Gasteiger partial charge in [-0.15, -0.1) is 0 Å². The maximum atomic E-state index is 12.1. The second-order valence-corrected chi connectivity index (χ2v) is 6.58. The Morgan fingerprint density at radius 2 is 1.92 bits per heavy atom. The number of nitrogens with one attached hydrogen (secondary N) is 2. The highest BCUT2D eigenvalue weighted by Crippen LogP contribution is 2.28. The maximum Gasteiger partial charge on any atom is 0.264 e. The van der Waals surface area contributed by atoms with Gasteiger partial charge in [-0.05, 0) is 47.7 Å². The van der Waals surface area contributed by atoms with Crippen molar-refractivity contribution in [2.75, 3.05) is 0 Å². The third-order valence-electron chi connectivity index (χ3n) is 3.40. The van der Waals surface area contributed by atoms with Crippen LogP contribution < -0.4 is 5.32 Å². The van der Waals surface area contributed by atoms with E-state index in [0.29, 0.717) is 21.0 Å². The molecule has 0 spiro atoms. The minimum absolute atomic E-state index is 0.176. The van der Waals surface area contributed by atoms with Crippen LogP contribution in [-0.4, -0.2) is 21.0 Å². The number of imidazole rings is 1. The molecule has 1 saturated heterocycles. The van der Waals surface area contributed by atoms with Crippen molar-refractivity contribution in [1.29, 1.82) is 0 Å². The monoisotopic (exact) mass is 354 g/mol. The lowest BCUT2D eigenvalue weighted by Crippen LogP contribution is -2.19. The molecule has 24 heavy (non-hydrogen) atoms. The molecule has 118 valence electrons. The molecule has 0 saturated carbocycles. The number of amides is 1. The second-order valence-electron chi connectivity index (χ2n) is 5.11. The quantitative estimate of drug-likeness (QED) is 0.680. The van der Waals surface area contributed by atoms with Gasteiger partial charge in [0.15, 0.2) is 5.17 Å². The van der Waals surface area contributed by atoms with Gasteiger partial charge in [0, 0.05) is 5.02 Å². The van der Waals surface area contributed by atoms with Crippen molar-refractivity contribution >= 4 is 57.5 Å². The lowest BCUT2D eigenvalue weighted by molar-refractivity contribution is -0.115. The summed E-state index contributed by atoms with van der Waals surface area (Å²) in [4.78, 5) is 24.5. The number of aromatic nitrogens is 2. The fourth-order valence-corrected chi connectivity index (χ4v) is 3.23. The number of hydrogen-bond donors (Lipinski definition) is 2. The van der Waals surface area contributed by atoms with Crippen LogP contribution in [0.5, 0.6) is 0 Å². The van der Waals surface area contributed by atoms with Gasteiger partial charge >= 0.3 is 0 Å². The lowest BCUT2D eigenvalue weighted by Gasteiger charge is -1.95. The molecule has 4 rings (SSSR count). The first-order valence-electron chi connectivity index (χ1n) is 7.17. The maximum absolute atomic E-state index is 12.1. The summed E-state index contributed by atoms with van der Waals surface area (Å²) in [5.41, 5.74) is 2.65. The third-order valence-corrected chi connectivity index (χ3v) is 4.56. The second kappa shape index (κ2) is 6.14. The van der Waals surface area contributed by atoms with Gasteiger partial charge in [0.2, 0.25) is 5.95 Å². The van der Waals surface area contributed by atoms with E-state index >= 15 is 0 Å². The molecule has 3 aromatic rings. The van der Waals surface area contributed by atoms with Crippen LogP contribution in [0.2, 0.25) is 5.02 Å². The van der Waals surface area contributed by atoms with Crippen LogP contribution in [0.3, 0.4) is 0 Å². The molecule has 1 aliphatic rings. The molecule has 0 radical (unpaired) electrons. The molecule has 5 nitrogen and oxygen atoms in total. The van der Waals surface area contributed by atoms with E-state index in [2.05, 4.69) is 20.3 Å². The number of amidine groups is 1. The zero-order valence-electron chi connectivity index (χ0n) is 12.3. The molecule has 1 aromatic heterocycles. The molecule has 2 aromatic carbocycles. The van der Waals surface area contributed by atoms with Crippen LogP contribution in [0.1, 0.15) is 5.56 Å². The average Bonchev–Trinajstić information content (AvgIpc) is 3.12. The van der Waals surface area contributed by atoms with Crippen LogP contribution in [0, 0.1) is 0 Å². The molecular formula is C17H11ClN4OS. The van der Waals surface area contributed by atoms with E-state index in [1.54, 1.807) is 18.2 Å². The molecule has 0 aliphatic carbocycles. The Hall–Kier alpha value is -2.57. The number of benzene rings is 2. The molecule has 7 heteroatoms. The summed E-state index contributed by atoms with van der Waals surface area (Å²) in [5, 5.41) is 3.91. The predicted molar refractivity (Wildman–Crippen MR) is 98.4 cm³/mol. The van der Waals surface area contributed by atoms with Crippen molar-refractivity contribution in [2.45, 2.75) is 0 Å². The molecule has 0 atom stereocenters. The van der Waals surface area contributed by atoms with Crippen LogP contribution >= 0.6 is 23.4 Å². The number of rotatable bonds is 2. The van der Waals surface area contributed by atoms with E-state index in [9.17, 15) is 4.79 Å². The van der Waals surface area contributed by atoms with E-state index in [1.165, 1.54) is 11.8 Å². The summed E-state index contributed by atoms with van der Waals surface area (Å²) in [5.74, 6) is 0.288. The average molecular weight is 355 g/mol. The van der Waals surface area contributed by atoms with Gasteiger partial charge in [-0.2, -0.15) is 4.99 Å². The number of fused-ring (bicyclic) bond motifs is 1. The largest absolute Gasteiger partial charge is 0.322 e. The summed E-state index contributed by atoms with van der Waals surface area (Å²) >= 11 is 7.15. The highest BCUT2D eigenvalue weighted by atomic mass is 35.5. The molecule has 0 bridgehead atoms. The number of carbonyl (C=O) groups is 1. The normalized spacial score (nSPS) is 17.8. The Labute approximate surface area is 146 Å². The van der Waals surface area contributed by atoms with Gasteiger partial charge in [-0.25, -0.2) is 4.98 Å². The SMILES string of the molecule is O=C1N/C(=N\c2nc3ccccc3[nH]2)S/C1=C/c1ccc(Cl)cc1. The first kappa shape index (κ1) is 15.0. The van der Waals surface area contributed by atoms with E-state index in [0.717, 1.165) is 16.6 Å².